The maximum absolute atomic E-state index is 14.0. The van der Waals surface area contributed by atoms with Crippen LogP contribution in [0.1, 0.15) is 43.5 Å². The summed E-state index contributed by atoms with van der Waals surface area (Å²) in [4.78, 5) is 79.4. The van der Waals surface area contributed by atoms with Crippen molar-refractivity contribution in [2.24, 2.45) is 0 Å². The first-order chi connectivity index (χ1) is 19.7. The highest BCUT2D eigenvalue weighted by Gasteiger charge is 2.37. The Morgan fingerprint density at radius 3 is 2.37 bits per heavy atom. The molecule has 0 unspecified atom stereocenters. The summed E-state index contributed by atoms with van der Waals surface area (Å²) in [6.07, 6.45) is 1.09. The van der Waals surface area contributed by atoms with Crippen LogP contribution in [0.2, 0.25) is 0 Å². The van der Waals surface area contributed by atoms with Crippen molar-refractivity contribution in [3.63, 3.8) is 0 Å². The molecule has 0 saturated heterocycles. The van der Waals surface area contributed by atoms with Gasteiger partial charge in [-0.1, -0.05) is 55.5 Å². The van der Waals surface area contributed by atoms with Crippen molar-refractivity contribution in [1.29, 1.82) is 0 Å². The number of hydrogen-bond acceptors (Lipinski definition) is 6. The summed E-state index contributed by atoms with van der Waals surface area (Å²) >= 11 is 0. The second-order valence-electron chi connectivity index (χ2n) is 9.94. The number of carbonyl (C=O) groups excluding carboxylic acids is 6. The third-order valence-electron chi connectivity index (χ3n) is 6.82. The molecule has 0 saturated carbocycles. The zero-order chi connectivity index (χ0) is 29.5. The van der Waals surface area contributed by atoms with Gasteiger partial charge in [0.05, 0.1) is 24.0 Å². The number of ketones is 1. The molecule has 4 rings (SSSR count). The molecule has 1 aliphatic rings. The van der Waals surface area contributed by atoms with E-state index in [4.69, 9.17) is 0 Å². The van der Waals surface area contributed by atoms with Gasteiger partial charge in [-0.15, -0.1) is 0 Å². The van der Waals surface area contributed by atoms with Crippen LogP contribution >= 0.6 is 0 Å². The summed E-state index contributed by atoms with van der Waals surface area (Å²) in [5.41, 5.74) is 1.10. The molecule has 212 valence electrons. The van der Waals surface area contributed by atoms with E-state index in [1.165, 1.54) is 16.7 Å². The van der Waals surface area contributed by atoms with E-state index in [-0.39, 0.29) is 31.1 Å². The molecule has 0 aromatic heterocycles. The van der Waals surface area contributed by atoms with Gasteiger partial charge in [-0.3, -0.25) is 28.9 Å². The van der Waals surface area contributed by atoms with E-state index in [2.05, 4.69) is 10.6 Å². The average Bonchev–Trinajstić information content (AvgIpc) is 3.07. The van der Waals surface area contributed by atoms with Crippen LogP contribution in [-0.4, -0.2) is 60.9 Å². The molecule has 1 aliphatic heterocycles. The molecule has 0 bridgehead atoms. The molecule has 2 atom stereocenters. The van der Waals surface area contributed by atoms with Crippen LogP contribution in [0.25, 0.3) is 10.8 Å². The zero-order valence-electron chi connectivity index (χ0n) is 23.0. The van der Waals surface area contributed by atoms with Gasteiger partial charge in [0.15, 0.2) is 0 Å². The molecule has 4 amide bonds. The molecule has 0 spiro atoms. The first-order valence-corrected chi connectivity index (χ1v) is 13.5. The Morgan fingerprint density at radius 2 is 1.66 bits per heavy atom. The van der Waals surface area contributed by atoms with E-state index < -0.39 is 36.3 Å². The normalized spacial score (nSPS) is 15.5. The Morgan fingerprint density at radius 1 is 0.976 bits per heavy atom. The van der Waals surface area contributed by atoms with Gasteiger partial charge >= 0.3 is 0 Å². The lowest BCUT2D eigenvalue weighted by Gasteiger charge is -2.25. The van der Waals surface area contributed by atoms with E-state index in [9.17, 15) is 28.8 Å². The van der Waals surface area contributed by atoms with E-state index in [0.717, 1.165) is 5.39 Å². The van der Waals surface area contributed by atoms with Crippen LogP contribution in [-0.2, 0) is 24.0 Å². The lowest BCUT2D eigenvalue weighted by atomic mass is 10.0. The standard InChI is InChI=1S/C31H32N4O6/c1-3-9-29(39)34-17-25(33-30(40)24-13-8-11-21-10-4-5-12-23(21)24)31(41)35(27-15-7-6-14-26(27)34)18-28(38)32-22(19-36)16-20(2)37/h4-8,10-15,19,22,25H,3,9,16-18H2,1-2H3,(H,32,38)(H,33,40)/t22-,25-/m0/s1. The first-order valence-electron chi connectivity index (χ1n) is 13.5. The van der Waals surface area contributed by atoms with Crippen LogP contribution in [0.3, 0.4) is 0 Å². The number of aldehydes is 1. The minimum absolute atomic E-state index is 0.134. The largest absolute Gasteiger partial charge is 0.345 e. The van der Waals surface area contributed by atoms with Gasteiger partial charge in [0, 0.05) is 18.4 Å². The lowest BCUT2D eigenvalue weighted by molar-refractivity contribution is -0.127. The Balaban J connectivity index is 1.70. The Bertz CT molecular complexity index is 1500. The third-order valence-corrected chi connectivity index (χ3v) is 6.82. The monoisotopic (exact) mass is 556 g/mol. The van der Waals surface area contributed by atoms with Gasteiger partial charge < -0.3 is 20.3 Å². The molecule has 2 N–H and O–H groups in total. The molecule has 10 heteroatoms. The molecule has 10 nitrogen and oxygen atoms in total. The van der Waals surface area contributed by atoms with Crippen LogP contribution in [0.15, 0.2) is 66.7 Å². The predicted molar refractivity (Wildman–Crippen MR) is 155 cm³/mol. The first kappa shape index (κ1) is 29.1. The number of rotatable bonds is 10. The van der Waals surface area contributed by atoms with Gasteiger partial charge in [-0.05, 0) is 42.3 Å². The minimum Gasteiger partial charge on any atom is -0.345 e. The number of benzene rings is 3. The number of hydrogen-bond donors (Lipinski definition) is 2. The number of para-hydroxylation sites is 2. The summed E-state index contributed by atoms with van der Waals surface area (Å²) < 4.78 is 0. The van der Waals surface area contributed by atoms with Crippen molar-refractivity contribution < 1.29 is 28.8 Å². The average molecular weight is 557 g/mol. The number of fused-ring (bicyclic) bond motifs is 2. The molecule has 0 radical (unpaired) electrons. The minimum atomic E-state index is -1.18. The fraction of sp³-hybridized carbons (Fsp3) is 0.290. The molecule has 0 aliphatic carbocycles. The van der Waals surface area contributed by atoms with Gasteiger partial charge in [-0.2, -0.15) is 0 Å². The second kappa shape index (κ2) is 13.0. The summed E-state index contributed by atoms with van der Waals surface area (Å²) in [5, 5.41) is 6.85. The van der Waals surface area contributed by atoms with Gasteiger partial charge in [0.2, 0.25) is 11.8 Å². The lowest BCUT2D eigenvalue weighted by Crippen LogP contribution is -2.54. The highest BCUT2D eigenvalue weighted by Crippen LogP contribution is 2.33. The van der Waals surface area contributed by atoms with E-state index in [1.807, 2.05) is 37.3 Å². The van der Waals surface area contributed by atoms with Crippen molar-refractivity contribution in [3.05, 3.63) is 72.3 Å². The van der Waals surface area contributed by atoms with Gasteiger partial charge in [0.1, 0.15) is 24.7 Å². The van der Waals surface area contributed by atoms with Gasteiger partial charge in [-0.25, -0.2) is 0 Å². The number of amides is 4. The fourth-order valence-corrected chi connectivity index (χ4v) is 4.94. The zero-order valence-corrected chi connectivity index (χ0v) is 23.0. The van der Waals surface area contributed by atoms with Crippen LogP contribution in [0, 0.1) is 0 Å². The highest BCUT2D eigenvalue weighted by atomic mass is 16.2. The maximum atomic E-state index is 14.0. The summed E-state index contributed by atoms with van der Waals surface area (Å²) in [6, 6.07) is 17.1. The topological polar surface area (TPSA) is 133 Å². The molecule has 41 heavy (non-hydrogen) atoms. The number of nitrogens with zero attached hydrogens (tertiary/aromatic N) is 2. The van der Waals surface area contributed by atoms with Crippen molar-refractivity contribution in [1.82, 2.24) is 10.6 Å². The van der Waals surface area contributed by atoms with Crippen molar-refractivity contribution in [2.75, 3.05) is 22.9 Å². The smallest absolute Gasteiger partial charge is 0.252 e. The molecular weight excluding hydrogens is 524 g/mol. The van der Waals surface area contributed by atoms with Crippen molar-refractivity contribution in [2.45, 2.75) is 45.2 Å². The quantitative estimate of drug-likeness (QED) is 0.369. The van der Waals surface area contributed by atoms with Crippen LogP contribution in [0.5, 0.6) is 0 Å². The van der Waals surface area contributed by atoms with E-state index in [0.29, 0.717) is 35.0 Å². The van der Waals surface area contributed by atoms with E-state index >= 15 is 0 Å². The predicted octanol–water partition coefficient (Wildman–Crippen LogP) is 2.78. The maximum Gasteiger partial charge on any atom is 0.252 e. The van der Waals surface area contributed by atoms with Gasteiger partial charge in [0.25, 0.3) is 11.8 Å². The number of Topliss-reactive ketones (excluding diaryl/α,β-unsaturated/α-hetero) is 1. The number of carbonyl (C=O) groups is 6. The van der Waals surface area contributed by atoms with E-state index in [1.54, 1.807) is 36.4 Å². The van der Waals surface area contributed by atoms with Crippen LogP contribution < -0.4 is 20.4 Å². The number of anilines is 2. The fourth-order valence-electron chi connectivity index (χ4n) is 4.94. The molecule has 3 aromatic carbocycles. The molecule has 1 heterocycles. The summed E-state index contributed by atoms with van der Waals surface area (Å²) in [6.45, 7) is 2.55. The third kappa shape index (κ3) is 6.66. The van der Waals surface area contributed by atoms with Crippen molar-refractivity contribution >= 4 is 57.8 Å². The Hall–Kier alpha value is -4.86. The molecule has 3 aromatic rings. The number of nitrogens with one attached hydrogen (secondary N) is 2. The Labute approximate surface area is 237 Å². The summed E-state index contributed by atoms with van der Waals surface area (Å²) in [5.74, 6) is -2.27. The highest BCUT2D eigenvalue weighted by molar-refractivity contribution is 6.13. The summed E-state index contributed by atoms with van der Waals surface area (Å²) in [7, 11) is 0. The Kier molecular flexibility index (Phi) is 9.23. The molecule has 0 fully saturated rings. The SMILES string of the molecule is CCCC(=O)N1C[C@H](NC(=O)c2cccc3ccccc23)C(=O)N(CC(=O)N[C@H](C=O)CC(C)=O)c2ccccc21. The second-order valence-corrected chi connectivity index (χ2v) is 9.94. The van der Waals surface area contributed by atoms with Crippen LogP contribution in [0.4, 0.5) is 11.4 Å². The molecular formula is C31H32N4O6. The van der Waals surface area contributed by atoms with Crippen molar-refractivity contribution in [3.8, 4) is 0 Å².